The summed E-state index contributed by atoms with van der Waals surface area (Å²) in [6.07, 6.45) is 4.87. The largest absolute Gasteiger partial charge is 0.0937 e. The van der Waals surface area contributed by atoms with Gasteiger partial charge in [-0.15, -0.1) is 0 Å². The molecule has 0 aromatic heterocycles. The highest BCUT2D eigenvalue weighted by Crippen LogP contribution is 2.22. The second kappa shape index (κ2) is 6.12. The standard InChI is InChI=1S/C14H19N3/c1-14(2,3)13-9-7-12(8-10-13)6-4-5-11-16-17-15/h4,6-10H,5,11H2,1-3H3. The summed E-state index contributed by atoms with van der Waals surface area (Å²) >= 11 is 0. The second-order valence-corrected chi connectivity index (χ2v) is 5.02. The lowest BCUT2D eigenvalue weighted by Gasteiger charge is -2.18. The molecular formula is C14H19N3. The molecule has 1 aromatic rings. The number of hydrogen-bond donors (Lipinski definition) is 0. The molecule has 3 heteroatoms. The fraction of sp³-hybridized carbons (Fsp3) is 0.429. The van der Waals surface area contributed by atoms with Gasteiger partial charge in [-0.05, 0) is 28.5 Å². The molecule has 0 atom stereocenters. The molecule has 0 aliphatic rings. The minimum atomic E-state index is 0.198. The van der Waals surface area contributed by atoms with Crippen molar-refractivity contribution in [3.8, 4) is 0 Å². The summed E-state index contributed by atoms with van der Waals surface area (Å²) in [5.74, 6) is 0. The lowest BCUT2D eigenvalue weighted by atomic mass is 9.87. The molecule has 0 bridgehead atoms. The normalized spacial score (nSPS) is 11.5. The van der Waals surface area contributed by atoms with Crippen molar-refractivity contribution in [2.75, 3.05) is 6.54 Å². The highest BCUT2D eigenvalue weighted by atomic mass is 15.1. The van der Waals surface area contributed by atoms with E-state index < -0.39 is 0 Å². The third-order valence-electron chi connectivity index (χ3n) is 2.55. The van der Waals surface area contributed by atoms with Gasteiger partial charge in [-0.2, -0.15) is 0 Å². The first-order valence-corrected chi connectivity index (χ1v) is 5.82. The summed E-state index contributed by atoms with van der Waals surface area (Å²) in [5, 5.41) is 3.48. The van der Waals surface area contributed by atoms with Crippen LogP contribution in [0.25, 0.3) is 16.5 Å². The van der Waals surface area contributed by atoms with E-state index in [0.29, 0.717) is 6.54 Å². The van der Waals surface area contributed by atoms with Crippen LogP contribution in [0.1, 0.15) is 38.3 Å². The van der Waals surface area contributed by atoms with Crippen molar-refractivity contribution < 1.29 is 0 Å². The number of nitrogens with zero attached hydrogens (tertiary/aromatic N) is 3. The molecule has 90 valence electrons. The molecule has 0 saturated heterocycles. The van der Waals surface area contributed by atoms with Crippen molar-refractivity contribution in [2.45, 2.75) is 32.6 Å². The Bertz CT molecular complexity index is 418. The Kier molecular flexibility index (Phi) is 4.80. The van der Waals surface area contributed by atoms with Gasteiger partial charge < -0.3 is 0 Å². The molecule has 0 amide bonds. The van der Waals surface area contributed by atoms with Crippen LogP contribution in [0, 0.1) is 0 Å². The molecular weight excluding hydrogens is 210 g/mol. The molecule has 0 radical (unpaired) electrons. The van der Waals surface area contributed by atoms with Gasteiger partial charge in [-0.3, -0.25) is 0 Å². The number of azide groups is 1. The SMILES string of the molecule is CC(C)(C)c1ccc(C=CCCN=[N+]=[N-])cc1. The van der Waals surface area contributed by atoms with E-state index in [1.54, 1.807) is 0 Å². The maximum atomic E-state index is 8.12. The van der Waals surface area contributed by atoms with Crippen LogP contribution in [-0.2, 0) is 5.41 Å². The van der Waals surface area contributed by atoms with Crippen LogP contribution < -0.4 is 0 Å². The summed E-state index contributed by atoms with van der Waals surface area (Å²) in [6, 6.07) is 8.55. The topological polar surface area (TPSA) is 48.8 Å². The minimum Gasteiger partial charge on any atom is -0.0937 e. The summed E-state index contributed by atoms with van der Waals surface area (Å²) in [7, 11) is 0. The first-order chi connectivity index (χ1) is 8.04. The molecule has 0 N–H and O–H groups in total. The van der Waals surface area contributed by atoms with Gasteiger partial charge in [0, 0.05) is 11.5 Å². The van der Waals surface area contributed by atoms with Crippen molar-refractivity contribution in [1.82, 2.24) is 0 Å². The van der Waals surface area contributed by atoms with Crippen LogP contribution in [0.3, 0.4) is 0 Å². The quantitative estimate of drug-likeness (QED) is 0.311. The van der Waals surface area contributed by atoms with Gasteiger partial charge in [-0.1, -0.05) is 62.3 Å². The fourth-order valence-electron chi connectivity index (χ4n) is 1.49. The highest BCUT2D eigenvalue weighted by Gasteiger charge is 2.12. The van der Waals surface area contributed by atoms with E-state index in [9.17, 15) is 0 Å². The van der Waals surface area contributed by atoms with E-state index in [-0.39, 0.29) is 5.41 Å². The molecule has 1 aromatic carbocycles. The van der Waals surface area contributed by atoms with Gasteiger partial charge >= 0.3 is 0 Å². The van der Waals surface area contributed by atoms with Crippen molar-refractivity contribution in [3.63, 3.8) is 0 Å². The molecule has 0 aliphatic heterocycles. The van der Waals surface area contributed by atoms with Crippen LogP contribution >= 0.6 is 0 Å². The van der Waals surface area contributed by atoms with Crippen molar-refractivity contribution in [2.24, 2.45) is 5.11 Å². The third-order valence-corrected chi connectivity index (χ3v) is 2.55. The Morgan fingerprint density at radius 3 is 2.41 bits per heavy atom. The smallest absolute Gasteiger partial charge is 0.0292 e. The van der Waals surface area contributed by atoms with Crippen LogP contribution in [0.5, 0.6) is 0 Å². The Labute approximate surface area is 103 Å². The maximum absolute atomic E-state index is 8.12. The van der Waals surface area contributed by atoms with E-state index in [4.69, 9.17) is 5.53 Å². The van der Waals surface area contributed by atoms with Gasteiger partial charge in [0.05, 0.1) is 0 Å². The third kappa shape index (κ3) is 4.75. The lowest BCUT2D eigenvalue weighted by Crippen LogP contribution is -2.10. The summed E-state index contributed by atoms with van der Waals surface area (Å²) in [5.41, 5.74) is 10.8. The van der Waals surface area contributed by atoms with Gasteiger partial charge in [0.2, 0.25) is 0 Å². The second-order valence-electron chi connectivity index (χ2n) is 5.02. The van der Waals surface area contributed by atoms with Crippen molar-refractivity contribution in [3.05, 3.63) is 51.9 Å². The summed E-state index contributed by atoms with van der Waals surface area (Å²) < 4.78 is 0. The Morgan fingerprint density at radius 1 is 1.24 bits per heavy atom. The predicted octanol–water partition coefficient (Wildman–Crippen LogP) is 4.70. The fourth-order valence-corrected chi connectivity index (χ4v) is 1.49. The van der Waals surface area contributed by atoms with Crippen LogP contribution in [0.2, 0.25) is 0 Å². The van der Waals surface area contributed by atoms with Gasteiger partial charge in [0.25, 0.3) is 0 Å². The Hall–Kier alpha value is -1.73. The van der Waals surface area contributed by atoms with Crippen LogP contribution in [0.4, 0.5) is 0 Å². The van der Waals surface area contributed by atoms with Crippen LogP contribution in [-0.4, -0.2) is 6.54 Å². The maximum Gasteiger partial charge on any atom is 0.0292 e. The first-order valence-electron chi connectivity index (χ1n) is 5.82. The van der Waals surface area contributed by atoms with Crippen molar-refractivity contribution in [1.29, 1.82) is 0 Å². The molecule has 0 saturated carbocycles. The van der Waals surface area contributed by atoms with Crippen LogP contribution in [0.15, 0.2) is 35.5 Å². The van der Waals surface area contributed by atoms with Gasteiger partial charge in [-0.25, -0.2) is 0 Å². The average Bonchev–Trinajstić information content (AvgIpc) is 2.28. The van der Waals surface area contributed by atoms with E-state index in [1.165, 1.54) is 11.1 Å². The molecule has 17 heavy (non-hydrogen) atoms. The van der Waals surface area contributed by atoms with Gasteiger partial charge in [0.15, 0.2) is 0 Å². The number of rotatable bonds is 4. The van der Waals surface area contributed by atoms with Crippen molar-refractivity contribution >= 4 is 6.08 Å². The zero-order valence-corrected chi connectivity index (χ0v) is 10.7. The molecule has 0 unspecified atom stereocenters. The highest BCUT2D eigenvalue weighted by molar-refractivity contribution is 5.50. The monoisotopic (exact) mass is 229 g/mol. The number of hydrogen-bond acceptors (Lipinski definition) is 1. The average molecular weight is 229 g/mol. The molecule has 3 nitrogen and oxygen atoms in total. The van der Waals surface area contributed by atoms with E-state index in [2.05, 4.69) is 61.1 Å². The molecule has 1 rings (SSSR count). The molecule has 0 aliphatic carbocycles. The Balaban J connectivity index is 2.59. The molecule has 0 heterocycles. The lowest BCUT2D eigenvalue weighted by molar-refractivity contribution is 0.590. The number of benzene rings is 1. The van der Waals surface area contributed by atoms with E-state index in [0.717, 1.165) is 6.42 Å². The zero-order valence-electron chi connectivity index (χ0n) is 10.7. The van der Waals surface area contributed by atoms with E-state index >= 15 is 0 Å². The minimum absolute atomic E-state index is 0.198. The predicted molar refractivity (Wildman–Crippen MR) is 72.8 cm³/mol. The first kappa shape index (κ1) is 13.3. The summed E-state index contributed by atoms with van der Waals surface area (Å²) in [4.78, 5) is 2.71. The molecule has 0 fully saturated rings. The Morgan fingerprint density at radius 2 is 1.88 bits per heavy atom. The zero-order chi connectivity index (χ0) is 12.7. The molecule has 0 spiro atoms. The van der Waals surface area contributed by atoms with E-state index in [1.807, 2.05) is 6.08 Å². The van der Waals surface area contributed by atoms with Gasteiger partial charge in [0.1, 0.15) is 0 Å². The summed E-state index contributed by atoms with van der Waals surface area (Å²) in [6.45, 7) is 7.14.